The van der Waals surface area contributed by atoms with Crippen molar-refractivity contribution in [1.29, 1.82) is 0 Å². The third-order valence-corrected chi connectivity index (χ3v) is 5.44. The van der Waals surface area contributed by atoms with Crippen LogP contribution in [0.2, 0.25) is 5.02 Å². The summed E-state index contributed by atoms with van der Waals surface area (Å²) in [7, 11) is 6.04. The summed E-state index contributed by atoms with van der Waals surface area (Å²) < 4.78 is 5.45. The first-order valence-corrected chi connectivity index (χ1v) is 8.58. The van der Waals surface area contributed by atoms with Gasteiger partial charge in [0.05, 0.1) is 17.7 Å². The molecule has 0 amide bonds. The predicted molar refractivity (Wildman–Crippen MR) is 93.8 cm³/mol. The minimum absolute atomic E-state index is 0.0135. The Morgan fingerprint density at radius 3 is 2.73 bits per heavy atom. The highest BCUT2D eigenvalue weighted by molar-refractivity contribution is 6.32. The van der Waals surface area contributed by atoms with Crippen LogP contribution < -0.4 is 10.1 Å². The van der Waals surface area contributed by atoms with Gasteiger partial charge in [-0.1, -0.05) is 31.5 Å². The van der Waals surface area contributed by atoms with E-state index in [2.05, 4.69) is 50.3 Å². The summed E-state index contributed by atoms with van der Waals surface area (Å²) in [6.07, 6.45) is 3.57. The molecule has 2 rings (SSSR count). The summed E-state index contributed by atoms with van der Waals surface area (Å²) in [5, 5.41) is 4.39. The molecule has 1 fully saturated rings. The van der Waals surface area contributed by atoms with Crippen LogP contribution in [0.25, 0.3) is 0 Å². The van der Waals surface area contributed by atoms with Crippen molar-refractivity contribution in [3.05, 3.63) is 28.8 Å². The van der Waals surface area contributed by atoms with Crippen molar-refractivity contribution in [3.63, 3.8) is 0 Å². The van der Waals surface area contributed by atoms with Gasteiger partial charge in [-0.15, -0.1) is 0 Å². The Labute approximate surface area is 140 Å². The second-order valence-electron chi connectivity index (χ2n) is 6.66. The van der Waals surface area contributed by atoms with E-state index in [-0.39, 0.29) is 5.54 Å². The van der Waals surface area contributed by atoms with Crippen molar-refractivity contribution in [2.45, 2.75) is 44.7 Å². The summed E-state index contributed by atoms with van der Waals surface area (Å²) >= 11 is 6.23. The first-order chi connectivity index (χ1) is 10.5. The van der Waals surface area contributed by atoms with Crippen LogP contribution in [-0.2, 0) is 5.54 Å². The van der Waals surface area contributed by atoms with Crippen LogP contribution in [-0.4, -0.2) is 38.7 Å². The number of nitrogens with one attached hydrogen (secondary N) is 1. The first kappa shape index (κ1) is 17.6. The molecular weight excluding hydrogens is 296 g/mol. The van der Waals surface area contributed by atoms with E-state index >= 15 is 0 Å². The fraction of sp³-hybridized carbons (Fsp3) is 0.667. The van der Waals surface area contributed by atoms with Crippen molar-refractivity contribution in [3.8, 4) is 5.75 Å². The zero-order valence-electron chi connectivity index (χ0n) is 14.4. The van der Waals surface area contributed by atoms with Crippen LogP contribution in [0, 0.1) is 5.92 Å². The smallest absolute Gasteiger partial charge is 0.137 e. The lowest BCUT2D eigenvalue weighted by Gasteiger charge is -2.51. The number of likely N-dealkylation sites (N-methyl/N-ethyl adjacent to an activating group) is 2. The minimum Gasteiger partial charge on any atom is -0.495 e. The van der Waals surface area contributed by atoms with Crippen LogP contribution in [0.15, 0.2) is 18.2 Å². The molecule has 3 atom stereocenters. The van der Waals surface area contributed by atoms with Crippen LogP contribution >= 0.6 is 11.6 Å². The van der Waals surface area contributed by atoms with Gasteiger partial charge in [0, 0.05) is 6.04 Å². The van der Waals surface area contributed by atoms with Crippen LogP contribution in [0.1, 0.15) is 38.7 Å². The van der Waals surface area contributed by atoms with E-state index in [0.29, 0.717) is 11.1 Å². The molecule has 0 saturated heterocycles. The maximum absolute atomic E-state index is 6.23. The Bertz CT molecular complexity index is 506. The molecule has 3 nitrogen and oxygen atoms in total. The van der Waals surface area contributed by atoms with Gasteiger partial charge in [0.15, 0.2) is 0 Å². The number of halogens is 1. The third-order valence-electron chi connectivity index (χ3n) is 5.13. The van der Waals surface area contributed by atoms with Gasteiger partial charge in [0.2, 0.25) is 0 Å². The average Bonchev–Trinajstić information content (AvgIpc) is 2.48. The number of nitrogens with zero attached hydrogens (tertiary/aromatic N) is 1. The number of hydrogen-bond acceptors (Lipinski definition) is 3. The van der Waals surface area contributed by atoms with Gasteiger partial charge in [-0.25, -0.2) is 0 Å². The minimum atomic E-state index is -0.0135. The molecule has 4 heteroatoms. The lowest BCUT2D eigenvalue weighted by Crippen LogP contribution is -2.59. The molecule has 0 bridgehead atoms. The second kappa shape index (κ2) is 7.20. The Morgan fingerprint density at radius 2 is 2.14 bits per heavy atom. The zero-order valence-corrected chi connectivity index (χ0v) is 15.2. The van der Waals surface area contributed by atoms with E-state index < -0.39 is 0 Å². The normalized spacial score (nSPS) is 28.9. The topological polar surface area (TPSA) is 24.5 Å². The highest BCUT2D eigenvalue weighted by Crippen LogP contribution is 2.44. The molecular formula is C18H29ClN2O. The third kappa shape index (κ3) is 3.12. The highest BCUT2D eigenvalue weighted by Gasteiger charge is 2.45. The van der Waals surface area contributed by atoms with Gasteiger partial charge in [-0.3, -0.25) is 4.90 Å². The molecule has 1 aliphatic carbocycles. The Morgan fingerprint density at radius 1 is 1.41 bits per heavy atom. The molecule has 3 unspecified atom stereocenters. The van der Waals surface area contributed by atoms with Gasteiger partial charge in [-0.05, 0) is 63.5 Å². The zero-order chi connectivity index (χ0) is 16.3. The number of hydrogen-bond donors (Lipinski definition) is 1. The van der Waals surface area contributed by atoms with Crippen molar-refractivity contribution in [2.75, 3.05) is 27.7 Å². The van der Waals surface area contributed by atoms with E-state index in [0.717, 1.165) is 24.6 Å². The molecule has 1 aromatic rings. The maximum Gasteiger partial charge on any atom is 0.137 e. The standard InChI is InChI=1S/C18H29ClN2O/c1-6-20-17-11-13(2)9-10-18(17,21(3)4)14-7-8-15(19)16(12-14)22-5/h7-8,12-13,17,20H,6,9-11H2,1-5H3. The molecule has 1 aliphatic rings. The van der Waals surface area contributed by atoms with Crippen molar-refractivity contribution < 1.29 is 4.74 Å². The summed E-state index contributed by atoms with van der Waals surface area (Å²) in [5.74, 6) is 1.51. The lowest BCUT2D eigenvalue weighted by molar-refractivity contribution is 0.0408. The number of benzene rings is 1. The average molecular weight is 325 g/mol. The molecule has 1 saturated carbocycles. The second-order valence-corrected chi connectivity index (χ2v) is 7.07. The van der Waals surface area contributed by atoms with Gasteiger partial charge in [0.1, 0.15) is 5.75 Å². The Kier molecular flexibility index (Phi) is 5.76. The predicted octanol–water partition coefficient (Wildman–Crippen LogP) is 3.90. The molecule has 1 aromatic carbocycles. The molecule has 0 aromatic heterocycles. The molecule has 1 N–H and O–H groups in total. The van der Waals surface area contributed by atoms with Crippen LogP contribution in [0.3, 0.4) is 0 Å². The van der Waals surface area contributed by atoms with Crippen molar-refractivity contribution >= 4 is 11.6 Å². The molecule has 0 spiro atoms. The SMILES string of the molecule is CCNC1CC(C)CCC1(c1ccc(Cl)c(OC)c1)N(C)C. The Hall–Kier alpha value is -0.770. The fourth-order valence-electron chi connectivity index (χ4n) is 3.92. The van der Waals surface area contributed by atoms with E-state index in [1.807, 2.05) is 6.07 Å². The number of ether oxygens (including phenoxy) is 1. The van der Waals surface area contributed by atoms with E-state index in [1.54, 1.807) is 7.11 Å². The summed E-state index contributed by atoms with van der Waals surface area (Å²) in [5.41, 5.74) is 1.28. The quantitative estimate of drug-likeness (QED) is 0.889. The highest BCUT2D eigenvalue weighted by atomic mass is 35.5. The summed E-state index contributed by atoms with van der Waals surface area (Å²) in [6.45, 7) is 5.52. The van der Waals surface area contributed by atoms with Crippen molar-refractivity contribution in [2.24, 2.45) is 5.92 Å². The first-order valence-electron chi connectivity index (χ1n) is 8.20. The van der Waals surface area contributed by atoms with E-state index in [4.69, 9.17) is 16.3 Å². The van der Waals surface area contributed by atoms with Crippen LogP contribution in [0.4, 0.5) is 0 Å². The number of rotatable bonds is 5. The fourth-order valence-corrected chi connectivity index (χ4v) is 4.12. The molecule has 22 heavy (non-hydrogen) atoms. The van der Waals surface area contributed by atoms with Gasteiger partial charge >= 0.3 is 0 Å². The van der Waals surface area contributed by atoms with Gasteiger partial charge in [0.25, 0.3) is 0 Å². The maximum atomic E-state index is 6.23. The van der Waals surface area contributed by atoms with E-state index in [9.17, 15) is 0 Å². The summed E-state index contributed by atoms with van der Waals surface area (Å²) in [6, 6.07) is 6.66. The molecule has 0 radical (unpaired) electrons. The summed E-state index contributed by atoms with van der Waals surface area (Å²) in [4.78, 5) is 2.37. The van der Waals surface area contributed by atoms with Gasteiger partial charge in [-0.2, -0.15) is 0 Å². The molecule has 0 heterocycles. The lowest BCUT2D eigenvalue weighted by atomic mass is 9.68. The molecule has 0 aliphatic heterocycles. The molecule has 124 valence electrons. The largest absolute Gasteiger partial charge is 0.495 e. The van der Waals surface area contributed by atoms with Crippen LogP contribution in [0.5, 0.6) is 5.75 Å². The van der Waals surface area contributed by atoms with Gasteiger partial charge < -0.3 is 10.1 Å². The monoisotopic (exact) mass is 324 g/mol. The Balaban J connectivity index is 2.50. The van der Waals surface area contributed by atoms with E-state index in [1.165, 1.54) is 18.4 Å². The van der Waals surface area contributed by atoms with Crippen molar-refractivity contribution in [1.82, 2.24) is 10.2 Å². The number of methoxy groups -OCH3 is 1.